The Kier molecular flexibility index (Phi) is 1.91. The van der Waals surface area contributed by atoms with Gasteiger partial charge in [0.15, 0.2) is 0 Å². The maximum atomic E-state index is 9.76. The van der Waals surface area contributed by atoms with Crippen LogP contribution in [0.25, 0.3) is 0 Å². The zero-order valence-electron chi connectivity index (χ0n) is 4.16. The van der Waals surface area contributed by atoms with E-state index in [1.165, 1.54) is 0 Å². The molecule has 0 radical (unpaired) electrons. The summed E-state index contributed by atoms with van der Waals surface area (Å²) in [6.45, 7) is 0.928. The average Bonchev–Trinajstić information content (AvgIpc) is 1.21. The Morgan fingerprint density at radius 1 is 1.50 bits per heavy atom. The molecule has 0 fully saturated rings. The van der Waals surface area contributed by atoms with Crippen LogP contribution in [0.15, 0.2) is 0 Å². The van der Waals surface area contributed by atoms with Crippen molar-refractivity contribution in [1.82, 2.24) is 0 Å². The highest BCUT2D eigenvalue weighted by Crippen LogP contribution is 1.93. The molecule has 0 heterocycles. The molecule has 8 heavy (non-hydrogen) atoms. The predicted molar refractivity (Wildman–Crippen MR) is 21.2 cm³/mol. The van der Waals surface area contributed by atoms with Crippen LogP contribution in [-0.2, 0) is 9.53 Å². The molecule has 0 aromatic rings. The summed E-state index contributed by atoms with van der Waals surface area (Å²) in [4.78, 5) is 9.76. The molecule has 3 N–H and O–H groups in total. The normalized spacial score (nSPS) is 11.0. The van der Waals surface area contributed by atoms with E-state index in [1.807, 2.05) is 0 Å². The summed E-state index contributed by atoms with van der Waals surface area (Å²) in [6.07, 6.45) is -3.33. The van der Waals surface area contributed by atoms with E-state index in [0.717, 1.165) is 6.92 Å². The first-order valence-electron chi connectivity index (χ1n) is 1.78. The van der Waals surface area contributed by atoms with Crippen LogP contribution in [0.5, 0.6) is 0 Å². The summed E-state index contributed by atoms with van der Waals surface area (Å²) < 4.78 is 3.47. The molecule has 0 saturated carbocycles. The van der Waals surface area contributed by atoms with Gasteiger partial charge in [-0.25, -0.2) is 0 Å². The molecule has 5 nitrogen and oxygen atoms in total. The SMILES string of the molecule is CC(=O)OC(O)(O)O. The Balaban J connectivity index is 3.55. The molecule has 0 rings (SSSR count). The van der Waals surface area contributed by atoms with Crippen LogP contribution in [0, 0.1) is 0 Å². The third kappa shape index (κ3) is 5.35. The third-order valence-electron chi connectivity index (χ3n) is 0.281. The van der Waals surface area contributed by atoms with E-state index >= 15 is 0 Å². The fourth-order valence-corrected chi connectivity index (χ4v) is 0.193. The molecule has 0 unspecified atom stereocenters. The lowest BCUT2D eigenvalue weighted by Gasteiger charge is -2.10. The van der Waals surface area contributed by atoms with Crippen molar-refractivity contribution < 1.29 is 24.9 Å². The van der Waals surface area contributed by atoms with Gasteiger partial charge in [0.25, 0.3) is 0 Å². The van der Waals surface area contributed by atoms with Crippen molar-refractivity contribution >= 4 is 5.97 Å². The van der Waals surface area contributed by atoms with E-state index < -0.39 is 12.1 Å². The highest BCUT2D eigenvalue weighted by molar-refractivity contribution is 5.66. The smallest absolute Gasteiger partial charge is 0.385 e. The van der Waals surface area contributed by atoms with Gasteiger partial charge in [-0.05, 0) is 0 Å². The summed E-state index contributed by atoms with van der Waals surface area (Å²) in [7, 11) is 0. The van der Waals surface area contributed by atoms with Gasteiger partial charge in [0.1, 0.15) is 0 Å². The van der Waals surface area contributed by atoms with Gasteiger partial charge < -0.3 is 20.1 Å². The lowest BCUT2D eigenvalue weighted by Crippen LogP contribution is -2.32. The van der Waals surface area contributed by atoms with Crippen molar-refractivity contribution in [2.75, 3.05) is 0 Å². The lowest BCUT2D eigenvalue weighted by molar-refractivity contribution is -0.434. The largest absolute Gasteiger partial charge is 0.455 e. The Morgan fingerprint density at radius 3 is 1.88 bits per heavy atom. The number of aliphatic hydroxyl groups is 3. The molecule has 5 heteroatoms. The van der Waals surface area contributed by atoms with E-state index in [4.69, 9.17) is 15.3 Å². The van der Waals surface area contributed by atoms with Gasteiger partial charge in [0.05, 0.1) is 0 Å². The van der Waals surface area contributed by atoms with E-state index in [9.17, 15) is 4.79 Å². The summed E-state index contributed by atoms with van der Waals surface area (Å²) in [5.41, 5.74) is 0. The average molecular weight is 122 g/mol. The second kappa shape index (κ2) is 2.08. The molecule has 0 amide bonds. The minimum atomic E-state index is -3.33. The molecule has 0 aliphatic heterocycles. The standard InChI is InChI=1S/C3H6O5/c1-2(4)8-3(5,6)7/h5-7H,1H3. The molecular weight excluding hydrogens is 116 g/mol. The summed E-state index contributed by atoms with van der Waals surface area (Å²) in [5, 5.41) is 23.6. The molecule has 0 spiro atoms. The number of carbonyl (C=O) groups excluding carboxylic acids is 1. The topological polar surface area (TPSA) is 87.0 Å². The molecule has 0 aromatic heterocycles. The summed E-state index contributed by atoms with van der Waals surface area (Å²) in [5.74, 6) is -0.975. The molecular formula is C3H6O5. The molecule has 0 aliphatic rings. The molecule has 0 bridgehead atoms. The zero-order chi connectivity index (χ0) is 6.78. The minimum Gasteiger partial charge on any atom is -0.385 e. The van der Waals surface area contributed by atoms with Crippen LogP contribution in [0.4, 0.5) is 0 Å². The van der Waals surface area contributed by atoms with Crippen molar-refractivity contribution in [3.8, 4) is 0 Å². The van der Waals surface area contributed by atoms with Crippen molar-refractivity contribution in [1.29, 1.82) is 0 Å². The van der Waals surface area contributed by atoms with Gasteiger partial charge in [-0.2, -0.15) is 0 Å². The fourth-order valence-electron chi connectivity index (χ4n) is 0.193. The quantitative estimate of drug-likeness (QED) is 0.280. The van der Waals surface area contributed by atoms with Crippen molar-refractivity contribution in [3.63, 3.8) is 0 Å². The highest BCUT2D eigenvalue weighted by Gasteiger charge is 2.21. The number of hydrogen-bond acceptors (Lipinski definition) is 5. The van der Waals surface area contributed by atoms with Gasteiger partial charge in [0.2, 0.25) is 0 Å². The van der Waals surface area contributed by atoms with Crippen molar-refractivity contribution in [3.05, 3.63) is 0 Å². The predicted octanol–water partition coefficient (Wildman–Crippen LogP) is -1.86. The lowest BCUT2D eigenvalue weighted by atomic mass is 10.8. The van der Waals surface area contributed by atoms with Crippen molar-refractivity contribution in [2.45, 2.75) is 13.1 Å². The molecule has 48 valence electrons. The monoisotopic (exact) mass is 122 g/mol. The van der Waals surface area contributed by atoms with Gasteiger partial charge in [-0.3, -0.25) is 4.79 Å². The number of esters is 1. The first-order valence-corrected chi connectivity index (χ1v) is 1.78. The van der Waals surface area contributed by atoms with Crippen LogP contribution in [-0.4, -0.2) is 27.4 Å². The van der Waals surface area contributed by atoms with E-state index in [0.29, 0.717) is 0 Å². The van der Waals surface area contributed by atoms with E-state index in [2.05, 4.69) is 4.74 Å². The first kappa shape index (κ1) is 7.35. The third-order valence-corrected chi connectivity index (χ3v) is 0.281. The van der Waals surface area contributed by atoms with Crippen LogP contribution in [0.2, 0.25) is 0 Å². The van der Waals surface area contributed by atoms with Crippen LogP contribution in [0.1, 0.15) is 6.92 Å². The highest BCUT2D eigenvalue weighted by atomic mass is 16.9. The van der Waals surface area contributed by atoms with Crippen molar-refractivity contribution in [2.24, 2.45) is 0 Å². The van der Waals surface area contributed by atoms with Gasteiger partial charge in [-0.15, -0.1) is 0 Å². The molecule has 0 aromatic carbocycles. The number of ether oxygens (including phenoxy) is 1. The fraction of sp³-hybridized carbons (Fsp3) is 0.667. The molecule has 0 aliphatic carbocycles. The first-order chi connectivity index (χ1) is 3.42. The Morgan fingerprint density at radius 2 is 1.88 bits per heavy atom. The van der Waals surface area contributed by atoms with Gasteiger partial charge in [0, 0.05) is 6.92 Å². The Hall–Kier alpha value is -0.650. The van der Waals surface area contributed by atoms with Crippen LogP contribution < -0.4 is 0 Å². The van der Waals surface area contributed by atoms with Gasteiger partial charge >= 0.3 is 12.1 Å². The van der Waals surface area contributed by atoms with Crippen LogP contribution in [0.3, 0.4) is 0 Å². The second-order valence-corrected chi connectivity index (χ2v) is 1.17. The number of hydrogen-bond donors (Lipinski definition) is 3. The molecule has 0 saturated heterocycles. The summed E-state index contributed by atoms with van der Waals surface area (Å²) >= 11 is 0. The zero-order valence-corrected chi connectivity index (χ0v) is 4.16. The summed E-state index contributed by atoms with van der Waals surface area (Å²) in [6, 6.07) is 0. The van der Waals surface area contributed by atoms with Crippen LogP contribution >= 0.6 is 0 Å². The van der Waals surface area contributed by atoms with E-state index in [-0.39, 0.29) is 0 Å². The molecule has 0 atom stereocenters. The van der Waals surface area contributed by atoms with E-state index in [1.54, 1.807) is 0 Å². The Bertz CT molecular complexity index is 90.3. The second-order valence-electron chi connectivity index (χ2n) is 1.17. The number of carbonyl (C=O) groups is 1. The van der Waals surface area contributed by atoms with Gasteiger partial charge in [-0.1, -0.05) is 0 Å². The maximum absolute atomic E-state index is 9.76. The Labute approximate surface area is 45.1 Å². The maximum Gasteiger partial charge on any atom is 0.455 e. The minimum absolute atomic E-state index is 0.928. The number of rotatable bonds is 1.